The fourth-order valence-electron chi connectivity index (χ4n) is 8.90. The molecule has 19 heteroatoms. The Kier molecular flexibility index (Phi) is 10.7. The molecular weight excluding hydrogens is 829 g/mol. The molecular formula is C43H44N12O5S2. The number of nitrogens with zero attached hydrogens (tertiary/aromatic N) is 10. The van der Waals surface area contributed by atoms with E-state index < -0.39 is 5.97 Å². The minimum Gasteiger partial charge on any atom is -0.481 e. The molecule has 1 saturated heterocycles. The number of ether oxygens (including phenoxy) is 2. The van der Waals surface area contributed by atoms with Gasteiger partial charge in [0.25, 0.3) is 0 Å². The Labute approximate surface area is 364 Å². The van der Waals surface area contributed by atoms with Crippen LogP contribution in [-0.2, 0) is 48.4 Å². The maximum absolute atomic E-state index is 13.2. The van der Waals surface area contributed by atoms with Crippen molar-refractivity contribution < 1.29 is 24.2 Å². The number of hydrogen-bond donors (Lipinski definition) is 3. The number of rotatable bonds is 8. The summed E-state index contributed by atoms with van der Waals surface area (Å²) in [4.78, 5) is 68.8. The number of carbonyl (C=O) groups is 2. The zero-order chi connectivity index (χ0) is 42.5. The predicted molar refractivity (Wildman–Crippen MR) is 238 cm³/mol. The predicted octanol–water partition coefficient (Wildman–Crippen LogP) is 5.61. The first-order valence-corrected chi connectivity index (χ1v) is 22.3. The van der Waals surface area contributed by atoms with Crippen molar-refractivity contribution in [3.63, 3.8) is 0 Å². The Balaban J connectivity index is 0.000000151. The Morgan fingerprint density at radius 2 is 1.23 bits per heavy atom. The molecule has 0 saturated carbocycles. The van der Waals surface area contributed by atoms with Gasteiger partial charge in [-0.2, -0.15) is 0 Å². The largest absolute Gasteiger partial charge is 0.481 e. The van der Waals surface area contributed by atoms with Crippen LogP contribution < -0.4 is 20.1 Å². The average Bonchev–Trinajstić information content (AvgIpc) is 4.10. The molecule has 11 rings (SSSR count). The number of anilines is 4. The van der Waals surface area contributed by atoms with Crippen LogP contribution in [0, 0.1) is 11.8 Å². The number of aromatic nitrogens is 6. The minimum absolute atomic E-state index is 0.0497. The van der Waals surface area contributed by atoms with Gasteiger partial charge in [-0.3, -0.25) is 19.6 Å². The summed E-state index contributed by atoms with van der Waals surface area (Å²) in [5, 5.41) is 18.2. The Morgan fingerprint density at radius 1 is 0.726 bits per heavy atom. The molecule has 5 aliphatic rings. The van der Waals surface area contributed by atoms with Gasteiger partial charge in [0.15, 0.2) is 0 Å². The van der Waals surface area contributed by atoms with Crippen molar-refractivity contribution in [1.29, 1.82) is 0 Å². The molecule has 62 heavy (non-hydrogen) atoms. The van der Waals surface area contributed by atoms with Crippen LogP contribution in [0.1, 0.15) is 56.2 Å². The lowest BCUT2D eigenvalue weighted by Crippen LogP contribution is -2.49. The number of aryl methyl sites for hydroxylation is 2. The van der Waals surface area contributed by atoms with Crippen LogP contribution in [0.25, 0.3) is 20.4 Å². The highest BCUT2D eigenvalue weighted by atomic mass is 32.1. The molecule has 6 aromatic rings. The Hall–Kier alpha value is -6.18. The van der Waals surface area contributed by atoms with Crippen LogP contribution in [-0.4, -0.2) is 117 Å². The van der Waals surface area contributed by atoms with E-state index in [4.69, 9.17) is 9.47 Å². The molecule has 3 aliphatic heterocycles. The molecule has 3 N–H and O–H groups in total. The number of fused-ring (bicyclic) bond motifs is 8. The second kappa shape index (κ2) is 16.6. The minimum atomic E-state index is -0.733. The second-order valence-electron chi connectivity index (χ2n) is 16.0. The lowest BCUT2D eigenvalue weighted by atomic mass is 9.86. The van der Waals surface area contributed by atoms with Crippen molar-refractivity contribution >= 4 is 90.4 Å². The van der Waals surface area contributed by atoms with Gasteiger partial charge in [0.2, 0.25) is 17.7 Å². The monoisotopic (exact) mass is 872 g/mol. The zero-order valence-electron chi connectivity index (χ0n) is 34.5. The van der Waals surface area contributed by atoms with Gasteiger partial charge < -0.3 is 35.0 Å². The summed E-state index contributed by atoms with van der Waals surface area (Å²) in [7, 11) is 5.32. The Bertz CT molecular complexity index is 2820. The van der Waals surface area contributed by atoms with Crippen molar-refractivity contribution in [2.45, 2.75) is 51.6 Å². The van der Waals surface area contributed by atoms with E-state index in [-0.39, 0.29) is 11.8 Å². The summed E-state index contributed by atoms with van der Waals surface area (Å²) >= 11 is 3.24. The van der Waals surface area contributed by atoms with Gasteiger partial charge in [-0.15, -0.1) is 22.7 Å². The van der Waals surface area contributed by atoms with E-state index >= 15 is 0 Å². The van der Waals surface area contributed by atoms with Crippen molar-refractivity contribution in [3.8, 4) is 11.8 Å². The number of aliphatic imine (C=N–C) groups is 2. The van der Waals surface area contributed by atoms with E-state index in [2.05, 4.69) is 62.5 Å². The number of methoxy groups -OCH3 is 2. The molecule has 2 atom stereocenters. The van der Waals surface area contributed by atoms with E-state index in [0.29, 0.717) is 61.5 Å². The number of nitrogens with one attached hydrogen (secondary N) is 2. The molecule has 0 radical (unpaired) electrons. The van der Waals surface area contributed by atoms with E-state index in [0.717, 1.165) is 110 Å². The maximum atomic E-state index is 13.2. The molecule has 9 heterocycles. The first-order valence-electron chi connectivity index (χ1n) is 20.6. The van der Waals surface area contributed by atoms with Crippen LogP contribution >= 0.6 is 22.7 Å². The van der Waals surface area contributed by atoms with E-state index in [1.165, 1.54) is 16.8 Å². The number of likely N-dealkylation sites (N-methyl/N-ethyl adjacent to an activating group) is 1. The standard InChI is InChI=1S/C24H27N7O2S.C19H17N5O3S/c1-30-5-7-31(8-6-30)24(32)14-3-4-16-19(10-14)34-23-20(16)21(26-13-27-23)28-17-9-15-11-25-12-18(15)29-22(17)33-2;1-27-17-12(4-10-6-20-7-13(10)24-17)23-16-15-11-3-2-9(19(25)26)5-14(11)28-18(15)22-8-21-16/h9,11,13-14H,3-8,10,12H2,1-2H3,(H,26,27,28);4,6,8-9H,2-3,5,7H2,1H3,(H,25,26)(H,21,22,23)/t14-;9-/m00/s1. The van der Waals surface area contributed by atoms with Crippen LogP contribution in [0.5, 0.6) is 11.8 Å². The third-order valence-electron chi connectivity index (χ3n) is 12.2. The normalized spacial score (nSPS) is 18.7. The van der Waals surface area contributed by atoms with Gasteiger partial charge in [-0.25, -0.2) is 29.9 Å². The van der Waals surface area contributed by atoms with Crippen molar-refractivity contribution in [2.75, 3.05) is 58.1 Å². The first kappa shape index (κ1) is 39.9. The topological polar surface area (TPSA) is 205 Å². The van der Waals surface area contributed by atoms with Gasteiger partial charge >= 0.3 is 5.97 Å². The molecule has 1 fully saturated rings. The number of thiophene rings is 2. The summed E-state index contributed by atoms with van der Waals surface area (Å²) in [6.45, 7) is 4.69. The average molecular weight is 873 g/mol. The van der Waals surface area contributed by atoms with Crippen LogP contribution in [0.3, 0.4) is 0 Å². The van der Waals surface area contributed by atoms with Crippen molar-refractivity contribution in [2.24, 2.45) is 21.8 Å². The van der Waals surface area contributed by atoms with Gasteiger partial charge in [0, 0.05) is 65.4 Å². The van der Waals surface area contributed by atoms with Crippen LogP contribution in [0.4, 0.5) is 23.0 Å². The van der Waals surface area contributed by atoms with E-state index in [1.807, 2.05) is 23.2 Å². The smallest absolute Gasteiger partial charge is 0.306 e. The second-order valence-corrected chi connectivity index (χ2v) is 18.2. The van der Waals surface area contributed by atoms with Gasteiger partial charge in [0.1, 0.15) is 45.3 Å². The number of carbonyl (C=O) groups excluding carboxylic acids is 1. The number of carboxylic acids is 1. The number of pyridine rings is 2. The Morgan fingerprint density at radius 3 is 1.73 bits per heavy atom. The summed E-state index contributed by atoms with van der Waals surface area (Å²) < 4.78 is 11.0. The molecule has 0 unspecified atom stereocenters. The highest BCUT2D eigenvalue weighted by Gasteiger charge is 2.33. The number of amides is 1. The van der Waals surface area contributed by atoms with Gasteiger partial charge in [0.05, 0.1) is 55.4 Å². The molecule has 0 aromatic carbocycles. The number of carboxylic acid groups (broad SMARTS) is 1. The molecule has 1 amide bonds. The highest BCUT2D eigenvalue weighted by molar-refractivity contribution is 7.19. The highest BCUT2D eigenvalue weighted by Crippen LogP contribution is 2.43. The maximum Gasteiger partial charge on any atom is 0.306 e. The fourth-order valence-corrected chi connectivity index (χ4v) is 11.4. The zero-order valence-corrected chi connectivity index (χ0v) is 36.1. The molecule has 0 bridgehead atoms. The third-order valence-corrected chi connectivity index (χ3v) is 14.6. The van der Waals surface area contributed by atoms with Crippen LogP contribution in [0.15, 0.2) is 34.8 Å². The van der Waals surface area contributed by atoms with E-state index in [9.17, 15) is 14.7 Å². The lowest BCUT2D eigenvalue weighted by molar-refractivity contribution is -0.142. The molecule has 0 spiro atoms. The quantitative estimate of drug-likeness (QED) is 0.170. The molecule has 17 nitrogen and oxygen atoms in total. The SMILES string of the molecule is COc1nc2c(cc1Nc1ncnc3sc4c(c13)CC[C@H](C(=O)N1CCN(C)CC1)C4)C=NC2.COc1nc2c(cc1Nc1ncnc3sc4c(c13)CC[C@H](C(=O)O)C4)C=NC2. The van der Waals surface area contributed by atoms with Crippen molar-refractivity contribution in [1.82, 2.24) is 39.7 Å². The molecule has 6 aromatic heterocycles. The van der Waals surface area contributed by atoms with Crippen LogP contribution in [0.2, 0.25) is 0 Å². The van der Waals surface area contributed by atoms with Gasteiger partial charge in [-0.05, 0) is 68.8 Å². The first-order chi connectivity index (χ1) is 30.2. The third kappa shape index (κ3) is 7.47. The molecule has 318 valence electrons. The number of aliphatic carboxylic acids is 1. The summed E-state index contributed by atoms with van der Waals surface area (Å²) in [6.07, 6.45) is 11.1. The van der Waals surface area contributed by atoms with Crippen molar-refractivity contribution in [3.05, 3.63) is 68.2 Å². The molecule has 2 aliphatic carbocycles. The number of hydrogen-bond acceptors (Lipinski definition) is 17. The van der Waals surface area contributed by atoms with Gasteiger partial charge in [-0.1, -0.05) is 0 Å². The lowest BCUT2D eigenvalue weighted by Gasteiger charge is -2.35. The summed E-state index contributed by atoms with van der Waals surface area (Å²) in [6, 6.07) is 3.97. The fraction of sp³-hybridized carbons (Fsp3) is 0.395. The summed E-state index contributed by atoms with van der Waals surface area (Å²) in [5.74, 6) is 1.75. The van der Waals surface area contributed by atoms with E-state index in [1.54, 1.807) is 49.4 Å². The number of piperazine rings is 1. The summed E-state index contributed by atoms with van der Waals surface area (Å²) in [5.41, 5.74) is 7.65.